The molecule has 0 spiro atoms. The molecular formula is C40H39F3N2O8. The number of nitrogens with one attached hydrogen (secondary N) is 1. The van der Waals surface area contributed by atoms with Crippen LogP contribution >= 0.6 is 0 Å². The Kier molecular flexibility index (Phi) is 13.1. The molecule has 0 fully saturated rings. The SMILES string of the molecule is CCOC(=O)C(CCC(=O)OCc1ccc(NC(=O)c2ccccc2-c2ccc(C(F)(F)F)cc2)c(C(=O)N(C)C)c1)(C(=O)OCC)c1ccccc1. The maximum absolute atomic E-state index is 13.6. The van der Waals surface area contributed by atoms with Crippen molar-refractivity contribution >= 4 is 35.4 Å². The number of hydrogen-bond donors (Lipinski definition) is 1. The number of halogens is 3. The molecular weight excluding hydrogens is 693 g/mol. The minimum atomic E-state index is -4.52. The van der Waals surface area contributed by atoms with E-state index in [1.807, 2.05) is 0 Å². The number of amides is 2. The zero-order valence-corrected chi connectivity index (χ0v) is 29.6. The number of benzene rings is 4. The molecule has 0 bridgehead atoms. The molecule has 0 aliphatic heterocycles. The van der Waals surface area contributed by atoms with Gasteiger partial charge in [-0.3, -0.25) is 24.0 Å². The predicted octanol–water partition coefficient (Wildman–Crippen LogP) is 7.21. The van der Waals surface area contributed by atoms with Gasteiger partial charge in [0, 0.05) is 26.1 Å². The third kappa shape index (κ3) is 9.47. The second-order valence-corrected chi connectivity index (χ2v) is 12.0. The standard InChI is InChI=1S/C40H39F3N2O8/c1-5-51-37(49)39(38(50)52-6-2,28-12-8-7-9-13-28)23-22-34(46)53-25-26-16-21-33(32(24-26)36(48)45(3)4)44-35(47)31-15-11-10-14-30(31)27-17-19-29(20-18-27)40(41,42)43/h7-21,24H,5-6,22-23,25H2,1-4H3,(H,44,47). The van der Waals surface area contributed by atoms with Gasteiger partial charge in [0.1, 0.15) is 6.61 Å². The average Bonchev–Trinajstić information content (AvgIpc) is 3.14. The minimum Gasteiger partial charge on any atom is -0.465 e. The van der Waals surface area contributed by atoms with Gasteiger partial charge in [-0.15, -0.1) is 0 Å². The molecule has 0 radical (unpaired) electrons. The van der Waals surface area contributed by atoms with Crippen LogP contribution < -0.4 is 5.32 Å². The van der Waals surface area contributed by atoms with E-state index in [1.165, 1.54) is 49.3 Å². The number of hydrogen-bond acceptors (Lipinski definition) is 8. The van der Waals surface area contributed by atoms with Crippen LogP contribution in [0.5, 0.6) is 0 Å². The van der Waals surface area contributed by atoms with Gasteiger partial charge in [-0.2, -0.15) is 13.2 Å². The van der Waals surface area contributed by atoms with Gasteiger partial charge in [0.15, 0.2) is 5.41 Å². The van der Waals surface area contributed by atoms with Gasteiger partial charge in [-0.1, -0.05) is 66.7 Å². The summed E-state index contributed by atoms with van der Waals surface area (Å²) < 4.78 is 55.4. The van der Waals surface area contributed by atoms with Gasteiger partial charge in [0.2, 0.25) is 0 Å². The summed E-state index contributed by atoms with van der Waals surface area (Å²) in [4.78, 5) is 67.7. The van der Waals surface area contributed by atoms with Crippen LogP contribution in [0.4, 0.5) is 18.9 Å². The molecule has 0 aliphatic carbocycles. The monoisotopic (exact) mass is 732 g/mol. The van der Waals surface area contributed by atoms with Gasteiger partial charge >= 0.3 is 24.1 Å². The molecule has 53 heavy (non-hydrogen) atoms. The Labute approximate surface area is 304 Å². The third-order valence-electron chi connectivity index (χ3n) is 8.28. The van der Waals surface area contributed by atoms with E-state index in [-0.39, 0.29) is 49.5 Å². The van der Waals surface area contributed by atoms with Crippen molar-refractivity contribution in [3.63, 3.8) is 0 Å². The molecule has 278 valence electrons. The fraction of sp³-hybridized carbons (Fsp3) is 0.275. The van der Waals surface area contributed by atoms with Crippen LogP contribution in [0.1, 0.15) is 64.1 Å². The zero-order valence-electron chi connectivity index (χ0n) is 29.6. The van der Waals surface area contributed by atoms with E-state index in [2.05, 4.69) is 5.32 Å². The Morgan fingerprint density at radius 2 is 1.30 bits per heavy atom. The van der Waals surface area contributed by atoms with Crippen molar-refractivity contribution in [1.82, 2.24) is 4.90 Å². The normalized spacial score (nSPS) is 11.3. The van der Waals surface area contributed by atoms with Crippen LogP contribution in [0.25, 0.3) is 11.1 Å². The molecule has 0 aliphatic rings. The Bertz CT molecular complexity index is 1930. The molecule has 1 N–H and O–H groups in total. The number of rotatable bonds is 14. The van der Waals surface area contributed by atoms with E-state index < -0.39 is 46.9 Å². The second-order valence-electron chi connectivity index (χ2n) is 12.0. The van der Waals surface area contributed by atoms with Crippen molar-refractivity contribution in [2.75, 3.05) is 32.6 Å². The number of carbonyl (C=O) groups excluding carboxylic acids is 5. The number of nitrogens with zero attached hydrogens (tertiary/aromatic N) is 1. The van der Waals surface area contributed by atoms with Crippen LogP contribution in [-0.2, 0) is 46.8 Å². The number of anilines is 1. The first-order valence-electron chi connectivity index (χ1n) is 16.7. The summed E-state index contributed by atoms with van der Waals surface area (Å²) in [6.45, 7) is 2.90. The summed E-state index contributed by atoms with van der Waals surface area (Å²) in [7, 11) is 3.04. The summed E-state index contributed by atoms with van der Waals surface area (Å²) >= 11 is 0. The van der Waals surface area contributed by atoms with E-state index in [1.54, 1.807) is 68.4 Å². The summed E-state index contributed by atoms with van der Waals surface area (Å²) in [5.41, 5.74) is -0.893. The fourth-order valence-electron chi connectivity index (χ4n) is 5.59. The molecule has 0 atom stereocenters. The molecule has 0 saturated carbocycles. The Morgan fingerprint density at radius 1 is 0.698 bits per heavy atom. The first kappa shape index (κ1) is 39.8. The lowest BCUT2D eigenvalue weighted by Gasteiger charge is -2.29. The van der Waals surface area contributed by atoms with E-state index >= 15 is 0 Å². The topological polar surface area (TPSA) is 128 Å². The van der Waals surface area contributed by atoms with Crippen molar-refractivity contribution in [3.8, 4) is 11.1 Å². The van der Waals surface area contributed by atoms with E-state index in [9.17, 15) is 37.1 Å². The van der Waals surface area contributed by atoms with Gasteiger partial charge in [0.05, 0.1) is 30.0 Å². The molecule has 10 nitrogen and oxygen atoms in total. The Hall–Kier alpha value is -5.98. The fourth-order valence-corrected chi connectivity index (χ4v) is 5.59. The lowest BCUT2D eigenvalue weighted by molar-refractivity contribution is -0.166. The van der Waals surface area contributed by atoms with Crippen molar-refractivity contribution in [1.29, 1.82) is 0 Å². The minimum absolute atomic E-state index is 0.00656. The smallest absolute Gasteiger partial charge is 0.416 e. The Morgan fingerprint density at radius 3 is 1.89 bits per heavy atom. The Balaban J connectivity index is 1.54. The summed E-state index contributed by atoms with van der Waals surface area (Å²) in [6, 6.07) is 23.4. The maximum atomic E-state index is 13.6. The molecule has 4 aromatic carbocycles. The van der Waals surface area contributed by atoms with E-state index in [4.69, 9.17) is 14.2 Å². The molecule has 0 unspecified atom stereocenters. The molecule has 4 rings (SSSR count). The summed E-state index contributed by atoms with van der Waals surface area (Å²) in [6.07, 6.45) is -5.17. The van der Waals surface area contributed by atoms with Crippen LogP contribution in [0, 0.1) is 0 Å². The highest BCUT2D eigenvalue weighted by Crippen LogP contribution is 2.34. The number of esters is 3. The molecule has 2 amide bonds. The number of carbonyl (C=O) groups is 5. The number of alkyl halides is 3. The molecule has 0 saturated heterocycles. The van der Waals surface area contributed by atoms with Gasteiger partial charge in [0.25, 0.3) is 11.8 Å². The molecule has 0 heterocycles. The van der Waals surface area contributed by atoms with Gasteiger partial charge in [-0.25, -0.2) is 0 Å². The first-order chi connectivity index (χ1) is 25.2. The summed E-state index contributed by atoms with van der Waals surface area (Å²) in [5, 5.41) is 2.73. The van der Waals surface area contributed by atoms with Crippen LogP contribution in [0.15, 0.2) is 97.1 Å². The molecule has 13 heteroatoms. The zero-order chi connectivity index (χ0) is 38.8. The maximum Gasteiger partial charge on any atom is 0.416 e. The van der Waals surface area contributed by atoms with Gasteiger partial charge < -0.3 is 24.4 Å². The molecule has 0 aromatic heterocycles. The van der Waals surface area contributed by atoms with Crippen LogP contribution in [-0.4, -0.2) is 61.9 Å². The lowest BCUT2D eigenvalue weighted by atomic mass is 9.76. The van der Waals surface area contributed by atoms with Crippen molar-refractivity contribution in [3.05, 3.63) is 125 Å². The second kappa shape index (κ2) is 17.5. The highest BCUT2D eigenvalue weighted by Gasteiger charge is 2.50. The van der Waals surface area contributed by atoms with Crippen molar-refractivity contribution in [2.45, 2.75) is 44.9 Å². The highest BCUT2D eigenvalue weighted by molar-refractivity contribution is 6.12. The predicted molar refractivity (Wildman–Crippen MR) is 190 cm³/mol. The van der Waals surface area contributed by atoms with Crippen LogP contribution in [0.3, 0.4) is 0 Å². The van der Waals surface area contributed by atoms with Crippen molar-refractivity contribution < 1.29 is 51.4 Å². The average molecular weight is 733 g/mol. The third-order valence-corrected chi connectivity index (χ3v) is 8.28. The number of ether oxygens (including phenoxy) is 3. The van der Waals surface area contributed by atoms with Gasteiger partial charge in [-0.05, 0) is 72.9 Å². The molecule has 4 aromatic rings. The van der Waals surface area contributed by atoms with Crippen molar-refractivity contribution in [2.24, 2.45) is 0 Å². The van der Waals surface area contributed by atoms with Crippen LogP contribution in [0.2, 0.25) is 0 Å². The highest BCUT2D eigenvalue weighted by atomic mass is 19.4. The quantitative estimate of drug-likeness (QED) is 0.0819. The van der Waals surface area contributed by atoms with E-state index in [0.29, 0.717) is 22.3 Å². The largest absolute Gasteiger partial charge is 0.465 e. The lowest BCUT2D eigenvalue weighted by Crippen LogP contribution is -2.46. The first-order valence-corrected chi connectivity index (χ1v) is 16.7. The summed E-state index contributed by atoms with van der Waals surface area (Å²) in [5.74, 6) is -3.54. The van der Waals surface area contributed by atoms with E-state index in [0.717, 1.165) is 12.1 Å².